The molecular weight excluding hydrogens is 447 g/mol. The van der Waals surface area contributed by atoms with Gasteiger partial charge < -0.3 is 14.8 Å². The van der Waals surface area contributed by atoms with Crippen LogP contribution in [0, 0.1) is 5.82 Å². The zero-order chi connectivity index (χ0) is 24.3. The van der Waals surface area contributed by atoms with Crippen LogP contribution < -0.4 is 14.8 Å². The van der Waals surface area contributed by atoms with E-state index in [1.807, 2.05) is 37.3 Å². The van der Waals surface area contributed by atoms with Gasteiger partial charge in [0.1, 0.15) is 22.8 Å². The number of carbonyl (C=O) groups excluding carboxylic acids is 1. The summed E-state index contributed by atoms with van der Waals surface area (Å²) in [7, 11) is 0. The normalized spacial score (nSPS) is 16.6. The van der Waals surface area contributed by atoms with Crippen LogP contribution in [0.1, 0.15) is 35.0 Å². The van der Waals surface area contributed by atoms with Gasteiger partial charge >= 0.3 is 0 Å². The van der Waals surface area contributed by atoms with Gasteiger partial charge in [0, 0.05) is 23.7 Å². The van der Waals surface area contributed by atoms with Crippen LogP contribution in [0.25, 0.3) is 11.3 Å². The summed E-state index contributed by atoms with van der Waals surface area (Å²) in [6.45, 7) is 2.81. The molecule has 2 aromatic carbocycles. The summed E-state index contributed by atoms with van der Waals surface area (Å²) >= 11 is 0. The maximum absolute atomic E-state index is 13.4. The number of rotatable bonds is 6. The van der Waals surface area contributed by atoms with Gasteiger partial charge in [0.15, 0.2) is 0 Å². The van der Waals surface area contributed by atoms with Gasteiger partial charge in [0.25, 0.3) is 5.91 Å². The third-order valence-electron chi connectivity index (χ3n) is 5.94. The molecule has 3 heterocycles. The van der Waals surface area contributed by atoms with Crippen molar-refractivity contribution in [2.24, 2.45) is 0 Å². The molecule has 35 heavy (non-hydrogen) atoms. The van der Waals surface area contributed by atoms with Gasteiger partial charge in [-0.25, -0.2) is 14.4 Å². The number of ether oxygens (including phenoxy) is 2. The Morgan fingerprint density at radius 2 is 1.86 bits per heavy atom. The Hall–Kier alpha value is -4.33. The lowest BCUT2D eigenvalue weighted by Crippen LogP contribution is -2.50. The molecule has 0 fully saturated rings. The van der Waals surface area contributed by atoms with E-state index in [1.165, 1.54) is 24.3 Å². The van der Waals surface area contributed by atoms with Crippen LogP contribution >= 0.6 is 0 Å². The van der Waals surface area contributed by atoms with Crippen molar-refractivity contribution in [2.75, 3.05) is 13.2 Å². The van der Waals surface area contributed by atoms with Gasteiger partial charge in [-0.2, -0.15) is 0 Å². The van der Waals surface area contributed by atoms with E-state index in [9.17, 15) is 9.18 Å². The number of pyridine rings is 1. The molecule has 1 aliphatic rings. The average molecular weight is 471 g/mol. The molecular formula is C27H23FN4O3. The highest BCUT2D eigenvalue weighted by Gasteiger charge is 2.42. The van der Waals surface area contributed by atoms with Crippen LogP contribution in [0.4, 0.5) is 4.39 Å². The lowest BCUT2D eigenvalue weighted by molar-refractivity contribution is 0.0883. The molecule has 0 spiro atoms. The van der Waals surface area contributed by atoms with Crippen molar-refractivity contribution >= 4 is 5.91 Å². The number of benzene rings is 2. The second kappa shape index (κ2) is 9.50. The first-order valence-electron chi connectivity index (χ1n) is 11.3. The van der Waals surface area contributed by atoms with Gasteiger partial charge in [0.2, 0.25) is 5.88 Å². The van der Waals surface area contributed by atoms with Crippen molar-refractivity contribution < 1.29 is 18.7 Å². The highest BCUT2D eigenvalue weighted by atomic mass is 19.1. The van der Waals surface area contributed by atoms with Crippen LogP contribution in [-0.2, 0) is 5.54 Å². The van der Waals surface area contributed by atoms with E-state index >= 15 is 0 Å². The highest BCUT2D eigenvalue weighted by Crippen LogP contribution is 2.41. The zero-order valence-electron chi connectivity index (χ0n) is 19.1. The van der Waals surface area contributed by atoms with Crippen LogP contribution in [0.3, 0.4) is 0 Å². The number of fused-ring (bicyclic) bond motifs is 1. The number of nitrogens with zero attached hydrogens (tertiary/aromatic N) is 3. The lowest BCUT2D eigenvalue weighted by atomic mass is 9.80. The molecule has 1 N–H and O–H groups in total. The monoisotopic (exact) mass is 470 g/mol. The van der Waals surface area contributed by atoms with E-state index in [0.29, 0.717) is 48.2 Å². The van der Waals surface area contributed by atoms with Crippen LogP contribution in [0.15, 0.2) is 79.3 Å². The van der Waals surface area contributed by atoms with Crippen molar-refractivity contribution in [3.8, 4) is 22.9 Å². The smallest absolute Gasteiger partial charge is 0.252 e. The summed E-state index contributed by atoms with van der Waals surface area (Å²) < 4.78 is 24.6. The number of hydrogen-bond acceptors (Lipinski definition) is 6. The van der Waals surface area contributed by atoms with Crippen LogP contribution in [-0.4, -0.2) is 34.1 Å². The predicted octanol–water partition coefficient (Wildman–Crippen LogP) is 4.53. The van der Waals surface area contributed by atoms with E-state index in [2.05, 4.69) is 20.3 Å². The minimum atomic E-state index is -0.927. The SMILES string of the molecule is CCOc1cnc(-c2ccc([C@@]3(NC(=O)c4ccc(F)cc4)CCOc4cccnc43)cc2)cn1. The molecule has 176 valence electrons. The second-order valence-electron chi connectivity index (χ2n) is 8.07. The molecule has 0 bridgehead atoms. The molecule has 0 saturated carbocycles. The van der Waals surface area contributed by atoms with Gasteiger partial charge in [-0.05, 0) is 48.9 Å². The maximum atomic E-state index is 13.4. The molecule has 1 aliphatic heterocycles. The number of carbonyl (C=O) groups is 1. The van der Waals surface area contributed by atoms with Crippen molar-refractivity contribution in [3.63, 3.8) is 0 Å². The minimum Gasteiger partial charge on any atom is -0.491 e. The Morgan fingerprint density at radius 3 is 2.57 bits per heavy atom. The van der Waals surface area contributed by atoms with E-state index in [-0.39, 0.29) is 5.91 Å². The summed E-state index contributed by atoms with van der Waals surface area (Å²) in [6, 6.07) is 16.9. The minimum absolute atomic E-state index is 0.329. The quantitative estimate of drug-likeness (QED) is 0.446. The molecule has 0 aliphatic carbocycles. The van der Waals surface area contributed by atoms with Gasteiger partial charge in [0.05, 0.1) is 31.3 Å². The molecule has 4 aromatic rings. The molecule has 0 unspecified atom stereocenters. The number of halogens is 1. The first-order chi connectivity index (χ1) is 17.1. The van der Waals surface area contributed by atoms with Gasteiger partial charge in [-0.15, -0.1) is 0 Å². The number of nitrogens with one attached hydrogen (secondary N) is 1. The first-order valence-corrected chi connectivity index (χ1v) is 11.3. The zero-order valence-corrected chi connectivity index (χ0v) is 19.1. The average Bonchev–Trinajstić information content (AvgIpc) is 2.90. The molecule has 1 atom stereocenters. The van der Waals surface area contributed by atoms with E-state index < -0.39 is 11.4 Å². The molecule has 7 nitrogen and oxygen atoms in total. The summed E-state index contributed by atoms with van der Waals surface area (Å²) in [5.74, 6) is 0.354. The molecule has 8 heteroatoms. The Kier molecular flexibility index (Phi) is 6.10. The van der Waals surface area contributed by atoms with Crippen molar-refractivity contribution in [2.45, 2.75) is 18.9 Å². The Labute approximate surface area is 202 Å². The molecule has 2 aromatic heterocycles. The Bertz CT molecular complexity index is 1330. The standard InChI is InChI=1S/C27H23FN4O3/c1-2-34-24-17-30-22(16-31-24)18-5-9-20(10-6-18)27(13-15-35-23-4-3-14-29-25(23)27)32-26(33)19-7-11-21(28)12-8-19/h3-12,14,16-17H,2,13,15H2,1H3,(H,32,33)/t27-/m0/s1. The first kappa shape index (κ1) is 22.5. The topological polar surface area (TPSA) is 86.2 Å². The van der Waals surface area contributed by atoms with E-state index in [4.69, 9.17) is 9.47 Å². The lowest BCUT2D eigenvalue weighted by Gasteiger charge is -2.39. The van der Waals surface area contributed by atoms with Gasteiger partial charge in [-0.3, -0.25) is 9.78 Å². The van der Waals surface area contributed by atoms with Gasteiger partial charge in [-0.1, -0.05) is 24.3 Å². The molecule has 0 radical (unpaired) electrons. The highest BCUT2D eigenvalue weighted by molar-refractivity contribution is 5.95. The third kappa shape index (κ3) is 4.42. The fourth-order valence-electron chi connectivity index (χ4n) is 4.22. The fourth-order valence-corrected chi connectivity index (χ4v) is 4.22. The van der Waals surface area contributed by atoms with Crippen LogP contribution in [0.2, 0.25) is 0 Å². The summed E-state index contributed by atoms with van der Waals surface area (Å²) in [5.41, 5.74) is 2.47. The molecule has 5 rings (SSSR count). The Balaban J connectivity index is 1.52. The fraction of sp³-hybridized carbons (Fsp3) is 0.185. The van der Waals surface area contributed by atoms with Crippen LogP contribution in [0.5, 0.6) is 11.6 Å². The number of amides is 1. The second-order valence-corrected chi connectivity index (χ2v) is 8.07. The predicted molar refractivity (Wildman–Crippen MR) is 128 cm³/mol. The Morgan fingerprint density at radius 1 is 1.06 bits per heavy atom. The van der Waals surface area contributed by atoms with Crippen molar-refractivity contribution in [3.05, 3.63) is 102 Å². The van der Waals surface area contributed by atoms with E-state index in [1.54, 1.807) is 24.7 Å². The largest absolute Gasteiger partial charge is 0.491 e. The summed E-state index contributed by atoms with van der Waals surface area (Å²) in [5, 5.41) is 3.17. The van der Waals surface area contributed by atoms with Crippen molar-refractivity contribution in [1.82, 2.24) is 20.3 Å². The maximum Gasteiger partial charge on any atom is 0.252 e. The number of hydrogen-bond donors (Lipinski definition) is 1. The molecule has 0 saturated heterocycles. The van der Waals surface area contributed by atoms with Crippen molar-refractivity contribution in [1.29, 1.82) is 0 Å². The number of aromatic nitrogens is 3. The third-order valence-corrected chi connectivity index (χ3v) is 5.94. The summed E-state index contributed by atoms with van der Waals surface area (Å²) in [6.07, 6.45) is 5.41. The molecule has 1 amide bonds. The summed E-state index contributed by atoms with van der Waals surface area (Å²) in [4.78, 5) is 26.6. The van der Waals surface area contributed by atoms with E-state index in [0.717, 1.165) is 11.1 Å².